The molecule has 0 aliphatic heterocycles. The standard InChI is InChI=1S/C19H22N2O3/c1-3-24-19(23)16-11-7-8-12-17(16)20-18(22)14-21(2)13-15-9-5-4-6-10-15/h4-12H,3,13-14H2,1-2H3,(H,20,22)/p+1. The maximum absolute atomic E-state index is 12.3. The van der Waals surface area contributed by atoms with E-state index in [2.05, 4.69) is 5.32 Å². The Morgan fingerprint density at radius 3 is 2.42 bits per heavy atom. The number of nitrogens with one attached hydrogen (secondary N) is 2. The summed E-state index contributed by atoms with van der Waals surface area (Å²) in [6, 6.07) is 16.9. The maximum Gasteiger partial charge on any atom is 0.340 e. The topological polar surface area (TPSA) is 59.8 Å². The molecule has 1 amide bonds. The SMILES string of the molecule is CCOC(=O)c1ccccc1NC(=O)C[NH+](C)Cc1ccccc1. The fraction of sp³-hybridized carbons (Fsp3) is 0.263. The van der Waals surface area contributed by atoms with Gasteiger partial charge in [0, 0.05) is 5.56 Å². The van der Waals surface area contributed by atoms with Crippen molar-refractivity contribution in [1.82, 2.24) is 0 Å². The molecule has 0 radical (unpaired) electrons. The third-order valence-corrected chi connectivity index (χ3v) is 3.51. The third kappa shape index (κ3) is 5.21. The van der Waals surface area contributed by atoms with Crippen LogP contribution in [0, 0.1) is 0 Å². The minimum atomic E-state index is -0.432. The molecule has 0 aliphatic carbocycles. The molecule has 126 valence electrons. The number of rotatable bonds is 7. The van der Waals surface area contributed by atoms with Gasteiger partial charge in [0.05, 0.1) is 24.9 Å². The highest BCUT2D eigenvalue weighted by atomic mass is 16.5. The number of benzene rings is 2. The van der Waals surface area contributed by atoms with Crippen LogP contribution in [0.5, 0.6) is 0 Å². The second kappa shape index (κ2) is 8.84. The van der Waals surface area contributed by atoms with Gasteiger partial charge in [-0.3, -0.25) is 4.79 Å². The molecule has 2 aromatic rings. The Kier molecular flexibility index (Phi) is 6.51. The predicted octanol–water partition coefficient (Wildman–Crippen LogP) is 1.52. The van der Waals surface area contributed by atoms with Crippen LogP contribution in [0.1, 0.15) is 22.8 Å². The lowest BCUT2D eigenvalue weighted by molar-refractivity contribution is -0.885. The van der Waals surface area contributed by atoms with E-state index in [4.69, 9.17) is 4.74 Å². The smallest absolute Gasteiger partial charge is 0.340 e. The minimum Gasteiger partial charge on any atom is -0.462 e. The first-order valence-electron chi connectivity index (χ1n) is 8.01. The van der Waals surface area contributed by atoms with E-state index in [1.807, 2.05) is 37.4 Å². The van der Waals surface area contributed by atoms with Crippen LogP contribution in [0.2, 0.25) is 0 Å². The van der Waals surface area contributed by atoms with Crippen LogP contribution in [0.15, 0.2) is 54.6 Å². The van der Waals surface area contributed by atoms with Crippen LogP contribution < -0.4 is 10.2 Å². The molecule has 5 nitrogen and oxygen atoms in total. The number of ether oxygens (including phenoxy) is 1. The van der Waals surface area contributed by atoms with E-state index in [0.717, 1.165) is 11.4 Å². The van der Waals surface area contributed by atoms with E-state index >= 15 is 0 Å². The van der Waals surface area contributed by atoms with Crippen LogP contribution in [0.4, 0.5) is 5.69 Å². The molecule has 0 spiro atoms. The number of hydrogen-bond donors (Lipinski definition) is 2. The van der Waals surface area contributed by atoms with Gasteiger partial charge in [0.2, 0.25) is 0 Å². The van der Waals surface area contributed by atoms with Crippen molar-refractivity contribution < 1.29 is 19.2 Å². The molecule has 2 rings (SSSR count). The van der Waals surface area contributed by atoms with Gasteiger partial charge in [-0.25, -0.2) is 4.79 Å². The zero-order valence-electron chi connectivity index (χ0n) is 14.0. The number of anilines is 1. The molecule has 1 atom stereocenters. The van der Waals surface area contributed by atoms with E-state index in [9.17, 15) is 9.59 Å². The summed E-state index contributed by atoms with van der Waals surface area (Å²) >= 11 is 0. The number of likely N-dealkylation sites (N-methyl/N-ethyl adjacent to an activating group) is 1. The molecule has 0 saturated heterocycles. The van der Waals surface area contributed by atoms with Gasteiger partial charge in [-0.1, -0.05) is 42.5 Å². The third-order valence-electron chi connectivity index (χ3n) is 3.51. The lowest BCUT2D eigenvalue weighted by Crippen LogP contribution is -3.08. The molecule has 1 unspecified atom stereocenters. The highest BCUT2D eigenvalue weighted by molar-refractivity contribution is 6.01. The van der Waals surface area contributed by atoms with Gasteiger partial charge >= 0.3 is 5.97 Å². The summed E-state index contributed by atoms with van der Waals surface area (Å²) in [6.07, 6.45) is 0. The first-order valence-corrected chi connectivity index (χ1v) is 8.01. The molecule has 0 aromatic heterocycles. The summed E-state index contributed by atoms with van der Waals surface area (Å²) in [5.74, 6) is -0.571. The average molecular weight is 327 g/mol. The lowest BCUT2D eigenvalue weighted by Gasteiger charge is -2.15. The highest BCUT2D eigenvalue weighted by Crippen LogP contribution is 2.15. The van der Waals surface area contributed by atoms with Gasteiger partial charge in [-0.15, -0.1) is 0 Å². The molecule has 0 heterocycles. The van der Waals surface area contributed by atoms with Gasteiger partial charge in [-0.05, 0) is 19.1 Å². The normalized spacial score (nSPS) is 11.6. The van der Waals surface area contributed by atoms with E-state index in [-0.39, 0.29) is 5.91 Å². The van der Waals surface area contributed by atoms with E-state index in [0.29, 0.717) is 24.4 Å². The molecule has 2 N–H and O–H groups in total. The van der Waals surface area contributed by atoms with Crippen LogP contribution in [0.3, 0.4) is 0 Å². The first kappa shape index (κ1) is 17.7. The Morgan fingerprint density at radius 2 is 1.71 bits per heavy atom. The summed E-state index contributed by atoms with van der Waals surface area (Å²) in [5, 5.41) is 2.81. The van der Waals surface area contributed by atoms with Crippen molar-refractivity contribution in [2.75, 3.05) is 25.5 Å². The van der Waals surface area contributed by atoms with Crippen molar-refractivity contribution in [1.29, 1.82) is 0 Å². The second-order valence-corrected chi connectivity index (χ2v) is 5.61. The molecule has 2 aromatic carbocycles. The number of carbonyl (C=O) groups is 2. The second-order valence-electron chi connectivity index (χ2n) is 5.61. The lowest BCUT2D eigenvalue weighted by atomic mass is 10.1. The summed E-state index contributed by atoms with van der Waals surface area (Å²) < 4.78 is 5.01. The zero-order valence-corrected chi connectivity index (χ0v) is 14.0. The fourth-order valence-corrected chi connectivity index (χ4v) is 2.45. The molecular formula is C19H23N2O3+. The summed E-state index contributed by atoms with van der Waals surface area (Å²) in [6.45, 7) is 3.12. The number of hydrogen-bond acceptors (Lipinski definition) is 3. The molecule has 0 bridgehead atoms. The number of carbonyl (C=O) groups excluding carboxylic acids is 2. The highest BCUT2D eigenvalue weighted by Gasteiger charge is 2.16. The average Bonchev–Trinajstić information content (AvgIpc) is 2.56. The Bertz CT molecular complexity index is 686. The van der Waals surface area contributed by atoms with E-state index in [1.54, 1.807) is 31.2 Å². The number of quaternary nitrogens is 1. The van der Waals surface area contributed by atoms with Crippen LogP contribution in [-0.4, -0.2) is 32.1 Å². The van der Waals surface area contributed by atoms with Crippen molar-refractivity contribution in [3.8, 4) is 0 Å². The zero-order chi connectivity index (χ0) is 17.4. The summed E-state index contributed by atoms with van der Waals surface area (Å²) in [4.78, 5) is 25.3. The Morgan fingerprint density at radius 1 is 1.04 bits per heavy atom. The Balaban J connectivity index is 1.96. The van der Waals surface area contributed by atoms with Gasteiger partial charge in [0.15, 0.2) is 6.54 Å². The largest absolute Gasteiger partial charge is 0.462 e. The maximum atomic E-state index is 12.3. The van der Waals surface area contributed by atoms with E-state index < -0.39 is 5.97 Å². The van der Waals surface area contributed by atoms with Gasteiger partial charge in [0.25, 0.3) is 5.91 Å². The Labute approximate surface area is 142 Å². The van der Waals surface area contributed by atoms with Crippen molar-refractivity contribution in [2.45, 2.75) is 13.5 Å². The molecular weight excluding hydrogens is 304 g/mol. The van der Waals surface area contributed by atoms with Crippen LogP contribution >= 0.6 is 0 Å². The first-order chi connectivity index (χ1) is 11.6. The van der Waals surface area contributed by atoms with Crippen molar-refractivity contribution in [3.05, 3.63) is 65.7 Å². The van der Waals surface area contributed by atoms with Gasteiger partial charge in [0.1, 0.15) is 6.54 Å². The summed E-state index contributed by atoms with van der Waals surface area (Å²) in [5.41, 5.74) is 2.02. The number of para-hydroxylation sites is 1. The fourth-order valence-electron chi connectivity index (χ4n) is 2.45. The molecule has 0 aliphatic rings. The van der Waals surface area contributed by atoms with Gasteiger partial charge < -0.3 is 15.0 Å². The van der Waals surface area contributed by atoms with Crippen LogP contribution in [0.25, 0.3) is 0 Å². The van der Waals surface area contributed by atoms with Crippen molar-refractivity contribution in [2.24, 2.45) is 0 Å². The van der Waals surface area contributed by atoms with Gasteiger partial charge in [-0.2, -0.15) is 0 Å². The summed E-state index contributed by atoms with van der Waals surface area (Å²) in [7, 11) is 1.96. The molecule has 24 heavy (non-hydrogen) atoms. The van der Waals surface area contributed by atoms with E-state index in [1.165, 1.54) is 5.56 Å². The quantitative estimate of drug-likeness (QED) is 0.758. The number of amides is 1. The Hall–Kier alpha value is -2.66. The molecule has 0 saturated carbocycles. The minimum absolute atomic E-state index is 0.139. The number of esters is 1. The van der Waals surface area contributed by atoms with Crippen LogP contribution in [-0.2, 0) is 16.1 Å². The van der Waals surface area contributed by atoms with Crippen molar-refractivity contribution in [3.63, 3.8) is 0 Å². The monoisotopic (exact) mass is 327 g/mol. The predicted molar refractivity (Wildman–Crippen MR) is 92.9 cm³/mol. The van der Waals surface area contributed by atoms with Crippen molar-refractivity contribution >= 4 is 17.6 Å². The molecule has 0 fully saturated rings. The molecule has 5 heteroatoms.